The lowest BCUT2D eigenvalue weighted by molar-refractivity contribution is 0.506. The molecule has 2 aliphatic heterocycles. The van der Waals surface area contributed by atoms with Gasteiger partial charge < -0.3 is 5.32 Å². The van der Waals surface area contributed by atoms with Crippen LogP contribution in [0.15, 0.2) is 30.3 Å². The quantitative estimate of drug-likeness (QED) is 0.687. The van der Waals surface area contributed by atoms with E-state index >= 15 is 0 Å². The molecule has 2 bridgehead atoms. The number of rotatable bonds is 1. The topological polar surface area (TPSA) is 12.0 Å². The lowest BCUT2D eigenvalue weighted by Gasteiger charge is -2.20. The van der Waals surface area contributed by atoms with E-state index in [1.807, 2.05) is 0 Å². The van der Waals surface area contributed by atoms with Crippen LogP contribution in [0.2, 0.25) is 0 Å². The first-order valence-corrected chi connectivity index (χ1v) is 5.24. The van der Waals surface area contributed by atoms with Gasteiger partial charge in [-0.15, -0.1) is 0 Å². The van der Waals surface area contributed by atoms with Gasteiger partial charge in [0.05, 0.1) is 0 Å². The Morgan fingerprint density at radius 3 is 2.54 bits per heavy atom. The molecule has 2 saturated heterocycles. The van der Waals surface area contributed by atoms with Crippen molar-refractivity contribution in [2.45, 2.75) is 37.3 Å². The van der Waals surface area contributed by atoms with Gasteiger partial charge in [0.1, 0.15) is 0 Å². The first kappa shape index (κ1) is 7.57. The Morgan fingerprint density at radius 1 is 1.08 bits per heavy atom. The minimum absolute atomic E-state index is 0.771. The summed E-state index contributed by atoms with van der Waals surface area (Å²) in [5.74, 6) is 0.792. The van der Waals surface area contributed by atoms with Crippen LogP contribution in [0.4, 0.5) is 0 Å². The van der Waals surface area contributed by atoms with Gasteiger partial charge in [0.15, 0.2) is 0 Å². The third kappa shape index (κ3) is 1.19. The van der Waals surface area contributed by atoms with E-state index in [1.165, 1.54) is 24.8 Å². The molecule has 0 spiro atoms. The maximum atomic E-state index is 3.68. The second kappa shape index (κ2) is 2.85. The van der Waals surface area contributed by atoms with E-state index in [4.69, 9.17) is 0 Å². The van der Waals surface area contributed by atoms with Crippen molar-refractivity contribution in [3.05, 3.63) is 35.9 Å². The summed E-state index contributed by atoms with van der Waals surface area (Å²) in [6.07, 6.45) is 4.13. The summed E-state index contributed by atoms with van der Waals surface area (Å²) in [7, 11) is 0. The van der Waals surface area contributed by atoms with Crippen molar-refractivity contribution in [1.29, 1.82) is 0 Å². The first-order chi connectivity index (χ1) is 6.43. The molecule has 13 heavy (non-hydrogen) atoms. The molecule has 0 radical (unpaired) electrons. The molecule has 3 rings (SSSR count). The fourth-order valence-corrected chi connectivity index (χ4v) is 2.89. The lowest BCUT2D eigenvalue weighted by atomic mass is 9.84. The third-order valence-electron chi connectivity index (χ3n) is 3.53. The molecule has 68 valence electrons. The van der Waals surface area contributed by atoms with Gasteiger partial charge in [-0.3, -0.25) is 0 Å². The van der Waals surface area contributed by atoms with Crippen LogP contribution >= 0.6 is 0 Å². The van der Waals surface area contributed by atoms with Crippen LogP contribution in [0.5, 0.6) is 0 Å². The zero-order valence-corrected chi connectivity index (χ0v) is 7.74. The van der Waals surface area contributed by atoms with Crippen molar-refractivity contribution in [3.63, 3.8) is 0 Å². The summed E-state index contributed by atoms with van der Waals surface area (Å²) in [5, 5.41) is 3.68. The minimum Gasteiger partial charge on any atom is -0.311 e. The Hall–Kier alpha value is -0.820. The van der Waals surface area contributed by atoms with Crippen molar-refractivity contribution in [3.8, 4) is 0 Å². The predicted molar refractivity (Wildman–Crippen MR) is 53.7 cm³/mol. The van der Waals surface area contributed by atoms with Crippen LogP contribution in [-0.4, -0.2) is 12.1 Å². The van der Waals surface area contributed by atoms with Crippen LogP contribution in [0.1, 0.15) is 30.7 Å². The second-order valence-electron chi connectivity index (χ2n) is 4.30. The Morgan fingerprint density at radius 2 is 1.92 bits per heavy atom. The normalized spacial score (nSPS) is 36.8. The molecule has 2 fully saturated rings. The molecular formula is C12H15N. The van der Waals surface area contributed by atoms with Crippen LogP contribution in [0.3, 0.4) is 0 Å². The number of benzene rings is 1. The molecule has 0 amide bonds. The van der Waals surface area contributed by atoms with Crippen molar-refractivity contribution >= 4 is 0 Å². The van der Waals surface area contributed by atoms with Crippen molar-refractivity contribution in [1.82, 2.24) is 5.32 Å². The summed E-state index contributed by atoms with van der Waals surface area (Å²) in [6.45, 7) is 0. The largest absolute Gasteiger partial charge is 0.311 e. The molecule has 0 aromatic heterocycles. The van der Waals surface area contributed by atoms with E-state index in [0.717, 1.165) is 18.0 Å². The monoisotopic (exact) mass is 173 g/mol. The van der Waals surface area contributed by atoms with Gasteiger partial charge in [-0.2, -0.15) is 0 Å². The van der Waals surface area contributed by atoms with Gasteiger partial charge in [-0.1, -0.05) is 30.3 Å². The van der Waals surface area contributed by atoms with Gasteiger partial charge in [0, 0.05) is 18.0 Å². The fraction of sp³-hybridized carbons (Fsp3) is 0.500. The molecule has 0 unspecified atom stereocenters. The average Bonchev–Trinajstić information content (AvgIpc) is 2.80. The Bertz CT molecular complexity index is 293. The molecule has 1 heteroatoms. The smallest absolute Gasteiger partial charge is 0.0139 e. The zero-order chi connectivity index (χ0) is 8.67. The maximum Gasteiger partial charge on any atom is 0.0139 e. The van der Waals surface area contributed by atoms with E-state index < -0.39 is 0 Å². The molecule has 2 aliphatic rings. The van der Waals surface area contributed by atoms with Crippen LogP contribution < -0.4 is 5.32 Å². The molecule has 1 N–H and O–H groups in total. The highest BCUT2D eigenvalue weighted by atomic mass is 15.0. The third-order valence-corrected chi connectivity index (χ3v) is 3.53. The van der Waals surface area contributed by atoms with Gasteiger partial charge >= 0.3 is 0 Å². The van der Waals surface area contributed by atoms with Crippen LogP contribution in [0.25, 0.3) is 0 Å². The summed E-state index contributed by atoms with van der Waals surface area (Å²) < 4.78 is 0. The highest BCUT2D eigenvalue weighted by Gasteiger charge is 2.39. The zero-order valence-electron chi connectivity index (χ0n) is 7.74. The molecule has 1 nitrogen and oxygen atoms in total. The van der Waals surface area contributed by atoms with Gasteiger partial charge in [-0.05, 0) is 24.8 Å². The van der Waals surface area contributed by atoms with Crippen molar-refractivity contribution in [2.75, 3.05) is 0 Å². The Balaban J connectivity index is 1.87. The average molecular weight is 173 g/mol. The summed E-state index contributed by atoms with van der Waals surface area (Å²) in [4.78, 5) is 0. The highest BCUT2D eigenvalue weighted by molar-refractivity contribution is 5.24. The van der Waals surface area contributed by atoms with Gasteiger partial charge in [0.25, 0.3) is 0 Å². The van der Waals surface area contributed by atoms with Gasteiger partial charge in [-0.25, -0.2) is 0 Å². The van der Waals surface area contributed by atoms with Gasteiger partial charge in [0.2, 0.25) is 0 Å². The molecular weight excluding hydrogens is 158 g/mol. The molecule has 3 atom stereocenters. The SMILES string of the molecule is c1ccc([C@@H]2C[C@@H]3CC[C@H]2N3)cc1. The Labute approximate surface area is 79.2 Å². The van der Waals surface area contributed by atoms with Crippen molar-refractivity contribution in [2.24, 2.45) is 0 Å². The maximum absolute atomic E-state index is 3.68. The number of fused-ring (bicyclic) bond motifs is 2. The minimum atomic E-state index is 0.771. The summed E-state index contributed by atoms with van der Waals surface area (Å²) in [6, 6.07) is 12.5. The molecule has 2 heterocycles. The Kier molecular flexibility index (Phi) is 1.66. The lowest BCUT2D eigenvalue weighted by Crippen LogP contribution is -2.21. The standard InChI is InChI=1S/C12H15N/c1-2-4-9(5-3-1)11-8-10-6-7-12(11)13-10/h1-5,10-13H,6-8H2/t10-,11-,12+/m0/s1. The summed E-state index contributed by atoms with van der Waals surface area (Å²) >= 11 is 0. The van der Waals surface area contributed by atoms with Crippen LogP contribution in [0, 0.1) is 0 Å². The van der Waals surface area contributed by atoms with E-state index in [-0.39, 0.29) is 0 Å². The first-order valence-electron chi connectivity index (χ1n) is 5.24. The molecule has 1 aromatic carbocycles. The highest BCUT2D eigenvalue weighted by Crippen LogP contribution is 2.39. The molecule has 0 saturated carbocycles. The number of hydrogen-bond donors (Lipinski definition) is 1. The van der Waals surface area contributed by atoms with E-state index in [1.54, 1.807) is 0 Å². The van der Waals surface area contributed by atoms with Crippen molar-refractivity contribution < 1.29 is 0 Å². The van der Waals surface area contributed by atoms with E-state index in [0.29, 0.717) is 0 Å². The number of nitrogens with one attached hydrogen (secondary N) is 1. The van der Waals surface area contributed by atoms with E-state index in [2.05, 4.69) is 35.6 Å². The molecule has 1 aromatic rings. The molecule has 0 aliphatic carbocycles. The second-order valence-corrected chi connectivity index (χ2v) is 4.30. The predicted octanol–water partition coefficient (Wildman–Crippen LogP) is 2.29. The summed E-state index contributed by atoms with van der Waals surface area (Å²) in [5.41, 5.74) is 1.53. The van der Waals surface area contributed by atoms with E-state index in [9.17, 15) is 0 Å². The number of hydrogen-bond acceptors (Lipinski definition) is 1. The van der Waals surface area contributed by atoms with Crippen LogP contribution in [-0.2, 0) is 0 Å². The fourth-order valence-electron chi connectivity index (χ4n) is 2.89.